The van der Waals surface area contributed by atoms with E-state index in [-0.39, 0.29) is 27.9 Å². The number of aliphatic hydroxyl groups is 1. The van der Waals surface area contributed by atoms with Gasteiger partial charge in [0.05, 0.1) is 23.9 Å². The number of hydrogen-bond acceptors (Lipinski definition) is 8. The van der Waals surface area contributed by atoms with Crippen LogP contribution in [0, 0.1) is 6.92 Å². The number of benzene rings is 1. The third-order valence-corrected chi connectivity index (χ3v) is 6.70. The number of aryl methyl sites for hydroxylation is 1. The van der Waals surface area contributed by atoms with Gasteiger partial charge in [0.1, 0.15) is 10.6 Å². The number of thiazole rings is 1. The Hall–Kier alpha value is -3.37. The highest BCUT2D eigenvalue weighted by atomic mass is 79.9. The van der Waals surface area contributed by atoms with Crippen molar-refractivity contribution in [3.05, 3.63) is 80.5 Å². The summed E-state index contributed by atoms with van der Waals surface area (Å²) in [5.41, 5.74) is 1.27. The van der Waals surface area contributed by atoms with Crippen molar-refractivity contribution in [2.75, 3.05) is 11.5 Å². The predicted octanol–water partition coefficient (Wildman–Crippen LogP) is 4.41. The Morgan fingerprint density at radius 2 is 1.85 bits per heavy atom. The van der Waals surface area contributed by atoms with E-state index >= 15 is 0 Å². The Balaban J connectivity index is 1.90. The van der Waals surface area contributed by atoms with Gasteiger partial charge >= 0.3 is 11.9 Å². The van der Waals surface area contributed by atoms with Gasteiger partial charge in [-0.3, -0.25) is 19.5 Å². The first-order valence-corrected chi connectivity index (χ1v) is 11.6. The molecular formula is C23H18BrN3O5S. The molecular weight excluding hydrogens is 510 g/mol. The van der Waals surface area contributed by atoms with Crippen molar-refractivity contribution in [1.82, 2.24) is 9.97 Å². The molecule has 10 heteroatoms. The molecule has 1 unspecified atom stereocenters. The number of ether oxygens (including phenoxy) is 1. The Bertz CT molecular complexity index is 1270. The highest BCUT2D eigenvalue weighted by molar-refractivity contribution is 9.10. The van der Waals surface area contributed by atoms with Crippen LogP contribution in [0.2, 0.25) is 0 Å². The van der Waals surface area contributed by atoms with Crippen LogP contribution in [0.15, 0.2) is 58.8 Å². The van der Waals surface area contributed by atoms with E-state index in [1.54, 1.807) is 50.2 Å². The third kappa shape index (κ3) is 4.19. The zero-order valence-corrected chi connectivity index (χ0v) is 20.0. The molecule has 1 saturated heterocycles. The number of amides is 1. The fraction of sp³-hybridized carbons (Fsp3) is 0.174. The zero-order valence-electron chi connectivity index (χ0n) is 17.6. The van der Waals surface area contributed by atoms with Gasteiger partial charge in [-0.1, -0.05) is 39.4 Å². The number of halogens is 1. The second-order valence-electron chi connectivity index (χ2n) is 7.09. The first-order valence-electron chi connectivity index (χ1n) is 9.94. The second-order valence-corrected chi connectivity index (χ2v) is 8.98. The number of rotatable bonds is 5. The van der Waals surface area contributed by atoms with E-state index in [0.29, 0.717) is 16.8 Å². The number of anilines is 1. The molecule has 0 bridgehead atoms. The normalized spacial score (nSPS) is 17.4. The number of esters is 1. The van der Waals surface area contributed by atoms with E-state index in [9.17, 15) is 19.5 Å². The van der Waals surface area contributed by atoms with Gasteiger partial charge in [-0.25, -0.2) is 9.78 Å². The summed E-state index contributed by atoms with van der Waals surface area (Å²) in [7, 11) is 0. The van der Waals surface area contributed by atoms with Gasteiger partial charge in [0.15, 0.2) is 5.13 Å². The second kappa shape index (κ2) is 9.24. The summed E-state index contributed by atoms with van der Waals surface area (Å²) < 4.78 is 5.89. The lowest BCUT2D eigenvalue weighted by Crippen LogP contribution is -2.29. The smallest absolute Gasteiger partial charge is 0.350 e. The van der Waals surface area contributed by atoms with Crippen molar-refractivity contribution >= 4 is 55.8 Å². The molecule has 3 heterocycles. The molecule has 2 aromatic heterocycles. The van der Waals surface area contributed by atoms with Crippen molar-refractivity contribution < 1.29 is 24.2 Å². The van der Waals surface area contributed by atoms with Crippen LogP contribution < -0.4 is 4.90 Å². The van der Waals surface area contributed by atoms with Gasteiger partial charge in [0.2, 0.25) is 0 Å². The molecule has 3 aromatic rings. The fourth-order valence-electron chi connectivity index (χ4n) is 3.53. The summed E-state index contributed by atoms with van der Waals surface area (Å²) in [6.07, 6.45) is 2.96. The van der Waals surface area contributed by atoms with Gasteiger partial charge in [-0.15, -0.1) is 0 Å². The summed E-state index contributed by atoms with van der Waals surface area (Å²) in [6, 6.07) is 9.21. The standard InChI is InChI=1S/C23H18BrN3O5S/c1-3-32-22(31)20-12(2)26-23(33-20)27-17(13-4-6-15(24)7-5-13)16(19(29)21(27)30)18(28)14-8-10-25-11-9-14/h4-11,17,28H,3H2,1-2H3. The molecule has 1 atom stereocenters. The number of ketones is 1. The van der Waals surface area contributed by atoms with E-state index < -0.39 is 23.7 Å². The van der Waals surface area contributed by atoms with Crippen LogP contribution in [-0.4, -0.2) is 39.3 Å². The number of hydrogen-bond donors (Lipinski definition) is 1. The maximum atomic E-state index is 13.2. The molecule has 1 aromatic carbocycles. The molecule has 1 aliphatic rings. The van der Waals surface area contributed by atoms with Gasteiger partial charge in [0.25, 0.3) is 5.78 Å². The van der Waals surface area contributed by atoms with Gasteiger partial charge in [-0.05, 0) is 43.7 Å². The van der Waals surface area contributed by atoms with Crippen molar-refractivity contribution in [3.63, 3.8) is 0 Å². The fourth-order valence-corrected chi connectivity index (χ4v) is 4.78. The molecule has 0 radical (unpaired) electrons. The van der Waals surface area contributed by atoms with Crippen LogP contribution in [0.3, 0.4) is 0 Å². The van der Waals surface area contributed by atoms with Gasteiger partial charge in [0, 0.05) is 22.4 Å². The van der Waals surface area contributed by atoms with Crippen molar-refractivity contribution in [2.45, 2.75) is 19.9 Å². The Morgan fingerprint density at radius 3 is 2.48 bits per heavy atom. The predicted molar refractivity (Wildman–Crippen MR) is 126 cm³/mol. The van der Waals surface area contributed by atoms with Crippen LogP contribution in [0.4, 0.5) is 5.13 Å². The van der Waals surface area contributed by atoms with E-state index in [1.807, 2.05) is 0 Å². The van der Waals surface area contributed by atoms with E-state index in [4.69, 9.17) is 4.74 Å². The average Bonchev–Trinajstić information content (AvgIpc) is 3.32. The first kappa shape index (κ1) is 22.8. The number of nitrogens with zero attached hydrogens (tertiary/aromatic N) is 3. The molecule has 0 aliphatic carbocycles. The van der Waals surface area contributed by atoms with E-state index in [0.717, 1.165) is 15.8 Å². The maximum absolute atomic E-state index is 13.2. The maximum Gasteiger partial charge on any atom is 0.350 e. The highest BCUT2D eigenvalue weighted by Crippen LogP contribution is 2.44. The molecule has 4 rings (SSSR count). The first-order chi connectivity index (χ1) is 15.8. The van der Waals surface area contributed by atoms with E-state index in [1.165, 1.54) is 17.3 Å². The lowest BCUT2D eigenvalue weighted by Gasteiger charge is -2.23. The van der Waals surface area contributed by atoms with Crippen LogP contribution in [0.5, 0.6) is 0 Å². The van der Waals surface area contributed by atoms with Crippen LogP contribution in [0.25, 0.3) is 5.76 Å². The summed E-state index contributed by atoms with van der Waals surface area (Å²) in [5, 5.41) is 11.2. The molecule has 8 nitrogen and oxygen atoms in total. The van der Waals surface area contributed by atoms with Crippen molar-refractivity contribution in [2.24, 2.45) is 0 Å². The Kier molecular flexibility index (Phi) is 6.39. The number of carbonyl (C=O) groups is 3. The lowest BCUT2D eigenvalue weighted by molar-refractivity contribution is -0.132. The number of aromatic nitrogens is 2. The summed E-state index contributed by atoms with van der Waals surface area (Å²) in [5.74, 6) is -2.55. The quantitative estimate of drug-likeness (QED) is 0.226. The summed E-state index contributed by atoms with van der Waals surface area (Å²) >= 11 is 4.35. The topological polar surface area (TPSA) is 110 Å². The van der Waals surface area contributed by atoms with Crippen LogP contribution in [0.1, 0.15) is 39.5 Å². The number of aliphatic hydroxyl groups excluding tert-OH is 1. The van der Waals surface area contributed by atoms with E-state index in [2.05, 4.69) is 25.9 Å². The summed E-state index contributed by atoms with van der Waals surface area (Å²) in [4.78, 5) is 48.4. The molecule has 0 spiro atoms. The molecule has 1 amide bonds. The van der Waals surface area contributed by atoms with Gasteiger partial charge < -0.3 is 9.84 Å². The molecule has 1 N–H and O–H groups in total. The lowest BCUT2D eigenvalue weighted by atomic mass is 9.96. The Morgan fingerprint density at radius 1 is 1.18 bits per heavy atom. The SMILES string of the molecule is CCOC(=O)c1sc(N2C(=O)C(=O)C(=C(O)c3ccncc3)C2c2ccc(Br)cc2)nc1C. The number of Topliss-reactive ketones (excluding diaryl/α,β-unsaturated/α-hetero) is 1. The largest absolute Gasteiger partial charge is 0.507 e. The van der Waals surface area contributed by atoms with Crippen molar-refractivity contribution in [1.29, 1.82) is 0 Å². The number of carbonyl (C=O) groups excluding carboxylic acids is 3. The van der Waals surface area contributed by atoms with Gasteiger partial charge in [-0.2, -0.15) is 0 Å². The van der Waals surface area contributed by atoms with Crippen molar-refractivity contribution in [3.8, 4) is 0 Å². The number of pyridine rings is 1. The minimum atomic E-state index is -0.938. The minimum Gasteiger partial charge on any atom is -0.507 e. The molecule has 1 fully saturated rings. The molecule has 168 valence electrons. The van der Waals surface area contributed by atoms with Crippen LogP contribution in [-0.2, 0) is 14.3 Å². The molecule has 33 heavy (non-hydrogen) atoms. The molecule has 0 saturated carbocycles. The Labute approximate surface area is 201 Å². The highest BCUT2D eigenvalue weighted by Gasteiger charge is 2.48. The average molecular weight is 528 g/mol. The molecule has 1 aliphatic heterocycles. The zero-order chi connectivity index (χ0) is 23.7. The third-order valence-electron chi connectivity index (χ3n) is 5.04. The monoisotopic (exact) mass is 527 g/mol. The minimum absolute atomic E-state index is 0.0703. The summed E-state index contributed by atoms with van der Waals surface area (Å²) in [6.45, 7) is 3.52. The van der Waals surface area contributed by atoms with Crippen LogP contribution >= 0.6 is 27.3 Å².